The van der Waals surface area contributed by atoms with Crippen molar-refractivity contribution in [3.63, 3.8) is 0 Å². The molecule has 1 aliphatic rings. The number of aryl methyl sites for hydroxylation is 1. The first kappa shape index (κ1) is 29.8. The number of ether oxygens (including phenoxy) is 2. The lowest BCUT2D eigenvalue weighted by Gasteiger charge is -2.30. The molecule has 1 amide bonds. The second-order valence-corrected chi connectivity index (χ2v) is 12.1. The molecule has 2 heterocycles. The third-order valence-corrected chi connectivity index (χ3v) is 8.64. The zero-order valence-electron chi connectivity index (χ0n) is 22.1. The lowest BCUT2D eigenvalue weighted by Crippen LogP contribution is -2.38. The van der Waals surface area contributed by atoms with Crippen molar-refractivity contribution in [1.29, 1.82) is 0 Å². The second kappa shape index (κ2) is 12.1. The van der Waals surface area contributed by atoms with Gasteiger partial charge in [-0.15, -0.1) is 0 Å². The van der Waals surface area contributed by atoms with Crippen LogP contribution in [0.1, 0.15) is 47.4 Å². The van der Waals surface area contributed by atoms with Crippen molar-refractivity contribution in [2.24, 2.45) is 5.92 Å². The van der Waals surface area contributed by atoms with Crippen LogP contribution in [0.15, 0.2) is 53.4 Å². The van der Waals surface area contributed by atoms with Gasteiger partial charge in [-0.1, -0.05) is 19.1 Å². The number of nitrogens with zero attached hydrogens (tertiary/aromatic N) is 1. The normalized spacial score (nSPS) is 18.9. The number of pyridine rings is 1. The average molecular weight is 581 g/mol. The first-order valence-corrected chi connectivity index (χ1v) is 14.5. The maximum atomic E-state index is 13.0. The summed E-state index contributed by atoms with van der Waals surface area (Å²) in [7, 11) is -3.37. The van der Waals surface area contributed by atoms with Crippen LogP contribution in [0.4, 0.5) is 13.2 Å². The summed E-state index contributed by atoms with van der Waals surface area (Å²) in [6.07, 6.45) is -5.91. The molecule has 3 atom stereocenters. The number of amides is 1. The van der Waals surface area contributed by atoms with E-state index in [2.05, 4.69) is 10.3 Å². The molecule has 1 aromatic heterocycles. The molecule has 216 valence electrons. The van der Waals surface area contributed by atoms with Crippen molar-refractivity contribution < 1.29 is 41.0 Å². The highest BCUT2D eigenvalue weighted by Crippen LogP contribution is 2.32. The summed E-state index contributed by atoms with van der Waals surface area (Å²) in [5, 5.41) is 14.0. The number of halogens is 3. The summed E-state index contributed by atoms with van der Waals surface area (Å²) < 4.78 is 73.5. The van der Waals surface area contributed by atoms with Crippen LogP contribution in [-0.4, -0.2) is 62.3 Å². The molecule has 3 aromatic rings. The zero-order chi connectivity index (χ0) is 29.1. The topological polar surface area (TPSA) is 115 Å². The van der Waals surface area contributed by atoms with E-state index < -0.39 is 40.7 Å². The van der Waals surface area contributed by atoms with E-state index in [1.165, 1.54) is 12.1 Å². The number of aromatic nitrogens is 1. The second-order valence-electron chi connectivity index (χ2n) is 9.80. The molecule has 12 heteroatoms. The Labute approximate surface area is 230 Å². The highest BCUT2D eigenvalue weighted by molar-refractivity contribution is 7.91. The van der Waals surface area contributed by atoms with Gasteiger partial charge in [-0.25, -0.2) is 13.4 Å². The van der Waals surface area contributed by atoms with E-state index in [-0.39, 0.29) is 36.2 Å². The SMILES string of the molecule is CCS(=O)(=O)c1ccc([C@H](CO)NC(=O)c2ccc3c(OC[C@@H]4CC[C@H](C(F)(F)F)OC4)nc(C)cc3c2)cc1. The van der Waals surface area contributed by atoms with Gasteiger partial charge >= 0.3 is 6.18 Å². The van der Waals surface area contributed by atoms with Crippen LogP contribution in [0, 0.1) is 12.8 Å². The molecule has 2 aromatic carbocycles. The van der Waals surface area contributed by atoms with Gasteiger partial charge in [0.1, 0.15) is 0 Å². The predicted molar refractivity (Wildman–Crippen MR) is 142 cm³/mol. The minimum atomic E-state index is -4.37. The monoisotopic (exact) mass is 580 g/mol. The number of benzene rings is 2. The number of rotatable bonds is 9. The van der Waals surface area contributed by atoms with Gasteiger partial charge < -0.3 is 19.9 Å². The molecule has 1 aliphatic heterocycles. The summed E-state index contributed by atoms with van der Waals surface area (Å²) in [6, 6.07) is 12.0. The number of nitrogens with one attached hydrogen (secondary N) is 1. The Bertz CT molecular complexity index is 1450. The van der Waals surface area contributed by atoms with E-state index in [0.29, 0.717) is 39.9 Å². The highest BCUT2D eigenvalue weighted by atomic mass is 32.2. The molecule has 1 saturated heterocycles. The number of hydrogen-bond donors (Lipinski definition) is 2. The Morgan fingerprint density at radius 1 is 1.18 bits per heavy atom. The fourth-order valence-corrected chi connectivity index (χ4v) is 5.43. The summed E-state index contributed by atoms with van der Waals surface area (Å²) in [6.45, 7) is 3.02. The van der Waals surface area contributed by atoms with Crippen molar-refractivity contribution in [3.8, 4) is 5.88 Å². The van der Waals surface area contributed by atoms with Crippen LogP contribution in [0.25, 0.3) is 10.8 Å². The van der Waals surface area contributed by atoms with E-state index in [9.17, 15) is 31.5 Å². The Hall–Kier alpha value is -3.22. The van der Waals surface area contributed by atoms with Gasteiger partial charge in [0.2, 0.25) is 5.88 Å². The molecule has 40 heavy (non-hydrogen) atoms. The quantitative estimate of drug-likeness (QED) is 0.382. The standard InChI is InChI=1S/C28H31F3N2O6S/c1-3-40(36,37)22-8-5-19(6-9-22)24(14-34)33-26(35)20-7-10-23-21(13-20)12-17(2)32-27(23)39-16-18-4-11-25(38-15-18)28(29,30)31/h5-10,12-13,18,24-25,34H,3-4,11,14-16H2,1-2H3,(H,33,35)/t18-,24+,25-/m1/s1. The third-order valence-electron chi connectivity index (χ3n) is 6.89. The van der Waals surface area contributed by atoms with Crippen molar-refractivity contribution in [2.45, 2.75) is 49.9 Å². The minimum absolute atomic E-state index is 0.0341. The average Bonchev–Trinajstić information content (AvgIpc) is 2.93. The van der Waals surface area contributed by atoms with Crippen molar-refractivity contribution >= 4 is 26.5 Å². The van der Waals surface area contributed by atoms with Crippen LogP contribution in [0.3, 0.4) is 0 Å². The Balaban J connectivity index is 1.45. The van der Waals surface area contributed by atoms with Crippen LogP contribution in [-0.2, 0) is 14.6 Å². The lowest BCUT2D eigenvalue weighted by molar-refractivity contribution is -0.236. The van der Waals surface area contributed by atoms with Crippen LogP contribution in [0.5, 0.6) is 5.88 Å². The Morgan fingerprint density at radius 3 is 2.50 bits per heavy atom. The number of alkyl halides is 3. The molecule has 1 fully saturated rings. The highest BCUT2D eigenvalue weighted by Gasteiger charge is 2.43. The number of sulfone groups is 1. The van der Waals surface area contributed by atoms with Crippen LogP contribution < -0.4 is 10.1 Å². The smallest absolute Gasteiger partial charge is 0.414 e. The summed E-state index contributed by atoms with van der Waals surface area (Å²) in [5.41, 5.74) is 1.51. The largest absolute Gasteiger partial charge is 0.477 e. The number of carbonyl (C=O) groups excluding carboxylic acids is 1. The van der Waals surface area contributed by atoms with Gasteiger partial charge in [0.05, 0.1) is 36.5 Å². The number of fused-ring (bicyclic) bond motifs is 1. The van der Waals surface area contributed by atoms with Gasteiger partial charge in [-0.2, -0.15) is 13.2 Å². The Kier molecular flexibility index (Phi) is 9.01. The fourth-order valence-electron chi connectivity index (χ4n) is 4.55. The van der Waals surface area contributed by atoms with Crippen molar-refractivity contribution in [1.82, 2.24) is 10.3 Å². The fraction of sp³-hybridized carbons (Fsp3) is 0.429. The van der Waals surface area contributed by atoms with Crippen molar-refractivity contribution in [3.05, 3.63) is 65.4 Å². The maximum Gasteiger partial charge on any atom is 0.414 e. The van der Waals surface area contributed by atoms with Gasteiger partial charge in [0, 0.05) is 22.6 Å². The maximum absolute atomic E-state index is 13.0. The van der Waals surface area contributed by atoms with Crippen LogP contribution >= 0.6 is 0 Å². The first-order valence-electron chi connectivity index (χ1n) is 12.9. The molecule has 0 unspecified atom stereocenters. The van der Waals surface area contributed by atoms with Crippen LogP contribution in [0.2, 0.25) is 0 Å². The van der Waals surface area contributed by atoms with Gasteiger partial charge in [-0.05, 0) is 67.1 Å². The van der Waals surface area contributed by atoms with Gasteiger partial charge in [0.15, 0.2) is 15.9 Å². The molecule has 0 spiro atoms. The zero-order valence-corrected chi connectivity index (χ0v) is 22.9. The summed E-state index contributed by atoms with van der Waals surface area (Å²) in [5.74, 6) is -0.363. The molecule has 2 N–H and O–H groups in total. The molecule has 0 saturated carbocycles. The first-order chi connectivity index (χ1) is 18.9. The molecule has 0 radical (unpaired) electrons. The summed E-state index contributed by atoms with van der Waals surface area (Å²) >= 11 is 0. The third kappa shape index (κ3) is 6.91. The van der Waals surface area contributed by atoms with E-state index in [0.717, 1.165) is 0 Å². The number of aliphatic hydroxyl groups excluding tert-OH is 1. The van der Waals surface area contributed by atoms with E-state index in [4.69, 9.17) is 9.47 Å². The molecule has 4 rings (SSSR count). The Morgan fingerprint density at radius 2 is 1.90 bits per heavy atom. The number of hydrogen-bond acceptors (Lipinski definition) is 7. The minimum Gasteiger partial charge on any atom is -0.477 e. The van der Waals surface area contributed by atoms with Gasteiger partial charge in [-0.3, -0.25) is 4.79 Å². The van der Waals surface area contributed by atoms with E-state index >= 15 is 0 Å². The summed E-state index contributed by atoms with van der Waals surface area (Å²) in [4.78, 5) is 17.6. The molecule has 8 nitrogen and oxygen atoms in total. The lowest BCUT2D eigenvalue weighted by atomic mass is 9.99. The molecular weight excluding hydrogens is 549 g/mol. The molecule has 0 bridgehead atoms. The number of carbonyl (C=O) groups is 1. The van der Waals surface area contributed by atoms with Gasteiger partial charge in [0.25, 0.3) is 5.91 Å². The predicted octanol–water partition coefficient (Wildman–Crippen LogP) is 4.54. The number of aliphatic hydroxyl groups is 1. The molecular formula is C28H31F3N2O6S. The molecule has 0 aliphatic carbocycles. The van der Waals surface area contributed by atoms with E-state index in [1.54, 1.807) is 50.2 Å². The van der Waals surface area contributed by atoms with Crippen molar-refractivity contribution in [2.75, 3.05) is 25.6 Å². The van der Waals surface area contributed by atoms with E-state index in [1.807, 2.05) is 0 Å².